The van der Waals surface area contributed by atoms with Crippen LogP contribution in [0.1, 0.15) is 25.3 Å². The zero-order valence-corrected chi connectivity index (χ0v) is 22.5. The van der Waals surface area contributed by atoms with Crippen LogP contribution >= 0.6 is 0 Å². The van der Waals surface area contributed by atoms with E-state index in [4.69, 9.17) is 14.2 Å². The van der Waals surface area contributed by atoms with Gasteiger partial charge in [-0.3, -0.25) is 14.6 Å². The van der Waals surface area contributed by atoms with Crippen molar-refractivity contribution in [3.63, 3.8) is 0 Å². The SMILES string of the molecule is CC(=O)N(C)c1ccc(OC2CCN(CC3CN(c4ccc(OCc5ccccc5)cc4)C(=O)O3)CC2)cc1. The third-order valence-electron chi connectivity index (χ3n) is 7.27. The fraction of sp³-hybridized carbons (Fsp3) is 0.355. The van der Waals surface area contributed by atoms with Crippen molar-refractivity contribution in [1.29, 1.82) is 0 Å². The van der Waals surface area contributed by atoms with E-state index in [9.17, 15) is 9.59 Å². The van der Waals surface area contributed by atoms with Gasteiger partial charge in [-0.2, -0.15) is 0 Å². The van der Waals surface area contributed by atoms with Crippen molar-refractivity contribution in [2.75, 3.05) is 43.0 Å². The first kappa shape index (κ1) is 26.6. The third-order valence-corrected chi connectivity index (χ3v) is 7.27. The number of carbonyl (C=O) groups is 2. The average molecular weight is 530 g/mol. The Hall–Kier alpha value is -4.04. The van der Waals surface area contributed by atoms with Crippen LogP contribution in [0.15, 0.2) is 78.9 Å². The number of hydrogen-bond donors (Lipinski definition) is 0. The number of nitrogens with zero attached hydrogens (tertiary/aromatic N) is 3. The molecule has 0 aromatic heterocycles. The summed E-state index contributed by atoms with van der Waals surface area (Å²) in [6.07, 6.45) is 1.47. The molecule has 0 radical (unpaired) electrons. The summed E-state index contributed by atoms with van der Waals surface area (Å²) in [6.45, 7) is 5.05. The second kappa shape index (κ2) is 12.2. The van der Waals surface area contributed by atoms with Crippen molar-refractivity contribution in [1.82, 2.24) is 4.90 Å². The van der Waals surface area contributed by atoms with Crippen LogP contribution < -0.4 is 19.3 Å². The molecule has 2 heterocycles. The summed E-state index contributed by atoms with van der Waals surface area (Å²) in [5, 5.41) is 0. The number of anilines is 2. The lowest BCUT2D eigenvalue weighted by Crippen LogP contribution is -2.42. The van der Waals surface area contributed by atoms with Gasteiger partial charge in [0.25, 0.3) is 0 Å². The molecule has 3 aromatic rings. The highest BCUT2D eigenvalue weighted by Crippen LogP contribution is 2.27. The topological polar surface area (TPSA) is 71.5 Å². The fourth-order valence-corrected chi connectivity index (χ4v) is 4.91. The molecule has 0 aliphatic carbocycles. The van der Waals surface area contributed by atoms with Crippen LogP contribution in [0.2, 0.25) is 0 Å². The van der Waals surface area contributed by atoms with E-state index in [-0.39, 0.29) is 24.2 Å². The Labute approximate surface area is 229 Å². The molecule has 5 rings (SSSR count). The summed E-state index contributed by atoms with van der Waals surface area (Å²) >= 11 is 0. The molecule has 2 fully saturated rings. The number of hydrogen-bond acceptors (Lipinski definition) is 6. The average Bonchev–Trinajstić information content (AvgIpc) is 3.33. The summed E-state index contributed by atoms with van der Waals surface area (Å²) < 4.78 is 17.7. The summed E-state index contributed by atoms with van der Waals surface area (Å²) in [7, 11) is 1.76. The largest absolute Gasteiger partial charge is 0.490 e. The molecule has 2 saturated heterocycles. The number of carbonyl (C=O) groups excluding carboxylic acids is 2. The highest BCUT2D eigenvalue weighted by atomic mass is 16.6. The quantitative estimate of drug-likeness (QED) is 0.383. The van der Waals surface area contributed by atoms with Crippen LogP contribution in [0.5, 0.6) is 11.5 Å². The molecule has 0 spiro atoms. The predicted octanol–water partition coefficient (Wildman–Crippen LogP) is 5.12. The van der Waals surface area contributed by atoms with Crippen molar-refractivity contribution >= 4 is 23.4 Å². The Morgan fingerprint density at radius 3 is 2.28 bits per heavy atom. The van der Waals surface area contributed by atoms with Crippen LogP contribution in [0.25, 0.3) is 0 Å². The lowest BCUT2D eigenvalue weighted by molar-refractivity contribution is -0.116. The molecule has 39 heavy (non-hydrogen) atoms. The van der Waals surface area contributed by atoms with Crippen LogP contribution in [0.4, 0.5) is 16.2 Å². The third kappa shape index (κ3) is 6.89. The van der Waals surface area contributed by atoms with Gasteiger partial charge in [-0.25, -0.2) is 4.79 Å². The summed E-state index contributed by atoms with van der Waals surface area (Å²) in [5.41, 5.74) is 2.76. The maximum absolute atomic E-state index is 12.6. The summed E-state index contributed by atoms with van der Waals surface area (Å²) in [5.74, 6) is 1.57. The molecule has 2 aliphatic heterocycles. The lowest BCUT2D eigenvalue weighted by Gasteiger charge is -2.33. The Balaban J connectivity index is 1.06. The van der Waals surface area contributed by atoms with Crippen LogP contribution in [0.3, 0.4) is 0 Å². The van der Waals surface area contributed by atoms with E-state index in [1.807, 2.05) is 78.9 Å². The van der Waals surface area contributed by atoms with Crippen molar-refractivity contribution in [2.24, 2.45) is 0 Å². The van der Waals surface area contributed by atoms with Gasteiger partial charge < -0.3 is 19.1 Å². The fourth-order valence-electron chi connectivity index (χ4n) is 4.91. The van der Waals surface area contributed by atoms with E-state index < -0.39 is 0 Å². The molecule has 1 atom stereocenters. The molecule has 8 heteroatoms. The van der Waals surface area contributed by atoms with Gasteiger partial charge in [-0.05, 0) is 66.9 Å². The van der Waals surface area contributed by atoms with E-state index in [2.05, 4.69) is 4.90 Å². The lowest BCUT2D eigenvalue weighted by atomic mass is 10.1. The minimum Gasteiger partial charge on any atom is -0.490 e. The molecule has 8 nitrogen and oxygen atoms in total. The summed E-state index contributed by atoms with van der Waals surface area (Å²) in [4.78, 5) is 29.8. The molecular formula is C31H35N3O5. The maximum Gasteiger partial charge on any atom is 0.414 e. The van der Waals surface area contributed by atoms with Crippen molar-refractivity contribution < 1.29 is 23.8 Å². The number of likely N-dealkylation sites (tertiary alicyclic amines) is 1. The molecule has 204 valence electrons. The van der Waals surface area contributed by atoms with Gasteiger partial charge in [0.1, 0.15) is 30.3 Å². The number of amides is 2. The zero-order valence-electron chi connectivity index (χ0n) is 22.5. The molecule has 0 N–H and O–H groups in total. The number of cyclic esters (lactones) is 1. The van der Waals surface area contributed by atoms with Gasteiger partial charge in [0.2, 0.25) is 5.91 Å². The van der Waals surface area contributed by atoms with Crippen molar-refractivity contribution in [2.45, 2.75) is 38.6 Å². The first-order chi connectivity index (χ1) is 18.9. The van der Waals surface area contributed by atoms with Gasteiger partial charge in [0.05, 0.1) is 6.54 Å². The smallest absolute Gasteiger partial charge is 0.414 e. The van der Waals surface area contributed by atoms with Gasteiger partial charge >= 0.3 is 6.09 Å². The Bertz CT molecular complexity index is 1240. The predicted molar refractivity (Wildman–Crippen MR) is 150 cm³/mol. The Morgan fingerprint density at radius 2 is 1.62 bits per heavy atom. The Kier molecular flexibility index (Phi) is 8.32. The first-order valence-electron chi connectivity index (χ1n) is 13.4. The monoisotopic (exact) mass is 529 g/mol. The Morgan fingerprint density at radius 1 is 0.949 bits per heavy atom. The van der Waals surface area contributed by atoms with Gasteiger partial charge in [0, 0.05) is 45.0 Å². The minimum absolute atomic E-state index is 0.00543. The second-order valence-electron chi connectivity index (χ2n) is 10.1. The molecule has 0 bridgehead atoms. The molecule has 2 amide bonds. The van der Waals surface area contributed by atoms with Crippen LogP contribution in [-0.2, 0) is 16.1 Å². The second-order valence-corrected chi connectivity index (χ2v) is 10.1. The van der Waals surface area contributed by atoms with Crippen molar-refractivity contribution in [3.05, 3.63) is 84.4 Å². The molecule has 0 saturated carbocycles. The van der Waals surface area contributed by atoms with E-state index in [1.165, 1.54) is 0 Å². The van der Waals surface area contributed by atoms with E-state index in [1.54, 1.807) is 23.8 Å². The van der Waals surface area contributed by atoms with Gasteiger partial charge in [-0.1, -0.05) is 30.3 Å². The number of rotatable bonds is 9. The number of ether oxygens (including phenoxy) is 3. The molecule has 3 aromatic carbocycles. The van der Waals surface area contributed by atoms with Crippen LogP contribution in [-0.4, -0.2) is 62.3 Å². The summed E-state index contributed by atoms with van der Waals surface area (Å²) in [6, 6.07) is 25.2. The number of piperidine rings is 1. The van der Waals surface area contributed by atoms with Gasteiger partial charge in [-0.15, -0.1) is 0 Å². The number of benzene rings is 3. The highest BCUT2D eigenvalue weighted by molar-refractivity contribution is 5.91. The molecule has 1 unspecified atom stereocenters. The maximum atomic E-state index is 12.6. The van der Waals surface area contributed by atoms with E-state index in [0.717, 1.165) is 54.4 Å². The highest BCUT2D eigenvalue weighted by Gasteiger charge is 2.34. The normalized spacial score (nSPS) is 18.1. The molecular weight excluding hydrogens is 494 g/mol. The minimum atomic E-state index is -0.310. The van der Waals surface area contributed by atoms with E-state index in [0.29, 0.717) is 19.7 Å². The molecule has 2 aliphatic rings. The van der Waals surface area contributed by atoms with Gasteiger partial charge in [0.15, 0.2) is 0 Å². The zero-order chi connectivity index (χ0) is 27.2. The van der Waals surface area contributed by atoms with Crippen LogP contribution in [0, 0.1) is 0 Å². The van der Waals surface area contributed by atoms with E-state index >= 15 is 0 Å². The standard InChI is InChI=1S/C31H35N3O5/c1-23(35)32(2)25-8-14-28(15-9-25)38-29-16-18-33(19-17-29)20-30-21-34(31(36)39-30)26-10-12-27(13-11-26)37-22-24-6-4-3-5-7-24/h3-15,29-30H,16-22H2,1-2H3. The van der Waals surface area contributed by atoms with Crippen molar-refractivity contribution in [3.8, 4) is 11.5 Å². The first-order valence-corrected chi connectivity index (χ1v) is 13.4.